The molecule has 0 aromatic heterocycles. The molecule has 0 saturated carbocycles. The molecule has 3 nitrogen and oxygen atoms in total. The van der Waals surface area contributed by atoms with Gasteiger partial charge < -0.3 is 15.2 Å². The fourth-order valence-corrected chi connectivity index (χ4v) is 1.21. The first-order chi connectivity index (χ1) is 5.76. The highest BCUT2D eigenvalue weighted by Crippen LogP contribution is 2.07. The van der Waals surface area contributed by atoms with Gasteiger partial charge >= 0.3 is 0 Å². The van der Waals surface area contributed by atoms with Crippen molar-refractivity contribution in [1.29, 1.82) is 0 Å². The molecule has 0 heterocycles. The van der Waals surface area contributed by atoms with Gasteiger partial charge in [0.2, 0.25) is 0 Å². The van der Waals surface area contributed by atoms with Crippen LogP contribution in [-0.4, -0.2) is 26.6 Å². The summed E-state index contributed by atoms with van der Waals surface area (Å²) in [5, 5.41) is 0. The van der Waals surface area contributed by atoms with E-state index in [0.29, 0.717) is 0 Å². The standard InChI is InChI=1S/C9H21NO2.ClH/c1-4-5-6-7-8(10)9(11-2)12-3;/h8-9H,4-7,10H2,1-3H3;1H. The zero-order valence-corrected chi connectivity index (χ0v) is 9.60. The third-order valence-corrected chi connectivity index (χ3v) is 1.96. The van der Waals surface area contributed by atoms with E-state index in [9.17, 15) is 0 Å². The minimum atomic E-state index is -0.248. The lowest BCUT2D eigenvalue weighted by Crippen LogP contribution is -2.37. The van der Waals surface area contributed by atoms with Gasteiger partial charge in [0, 0.05) is 14.2 Å². The molecule has 0 aromatic carbocycles. The first-order valence-corrected chi connectivity index (χ1v) is 4.57. The van der Waals surface area contributed by atoms with Crippen molar-refractivity contribution < 1.29 is 9.47 Å². The summed E-state index contributed by atoms with van der Waals surface area (Å²) in [7, 11) is 3.24. The minimum Gasteiger partial charge on any atom is -0.354 e. The topological polar surface area (TPSA) is 44.5 Å². The van der Waals surface area contributed by atoms with Gasteiger partial charge in [0.15, 0.2) is 6.29 Å². The van der Waals surface area contributed by atoms with Crippen LogP contribution in [0, 0.1) is 0 Å². The molecule has 0 fully saturated rings. The number of unbranched alkanes of at least 4 members (excludes halogenated alkanes) is 2. The average Bonchev–Trinajstić information content (AvgIpc) is 2.07. The summed E-state index contributed by atoms with van der Waals surface area (Å²) in [6.45, 7) is 2.18. The lowest BCUT2D eigenvalue weighted by atomic mass is 10.1. The van der Waals surface area contributed by atoms with Crippen molar-refractivity contribution in [1.82, 2.24) is 0 Å². The van der Waals surface area contributed by atoms with E-state index in [1.54, 1.807) is 14.2 Å². The van der Waals surface area contributed by atoms with Crippen molar-refractivity contribution >= 4 is 12.4 Å². The number of ether oxygens (including phenoxy) is 2. The number of rotatable bonds is 7. The van der Waals surface area contributed by atoms with Gasteiger partial charge in [-0.05, 0) is 6.42 Å². The van der Waals surface area contributed by atoms with E-state index >= 15 is 0 Å². The second kappa shape index (κ2) is 10.3. The molecule has 1 unspecified atom stereocenters. The molecule has 0 aliphatic heterocycles. The van der Waals surface area contributed by atoms with Crippen molar-refractivity contribution in [2.75, 3.05) is 14.2 Å². The molecule has 0 bridgehead atoms. The second-order valence-electron chi connectivity index (χ2n) is 3.00. The predicted molar refractivity (Wildman–Crippen MR) is 57.2 cm³/mol. The Labute approximate surface area is 87.4 Å². The molecule has 0 spiro atoms. The zero-order valence-electron chi connectivity index (χ0n) is 8.79. The SMILES string of the molecule is CCCCCC(N)C(OC)OC.Cl. The van der Waals surface area contributed by atoms with Crippen LogP contribution in [0.5, 0.6) is 0 Å². The van der Waals surface area contributed by atoms with E-state index in [1.165, 1.54) is 12.8 Å². The summed E-state index contributed by atoms with van der Waals surface area (Å²) < 4.78 is 10.1. The molecular formula is C9H22ClNO2. The summed E-state index contributed by atoms with van der Waals surface area (Å²) in [6.07, 6.45) is 4.33. The third kappa shape index (κ3) is 7.26. The maximum Gasteiger partial charge on any atom is 0.171 e. The van der Waals surface area contributed by atoms with E-state index in [2.05, 4.69) is 6.92 Å². The maximum absolute atomic E-state index is 5.83. The zero-order chi connectivity index (χ0) is 9.40. The Kier molecular flexibility index (Phi) is 12.3. The van der Waals surface area contributed by atoms with E-state index in [1.807, 2.05) is 0 Å². The number of methoxy groups -OCH3 is 2. The smallest absolute Gasteiger partial charge is 0.171 e. The number of hydrogen-bond acceptors (Lipinski definition) is 3. The fraction of sp³-hybridized carbons (Fsp3) is 1.00. The Morgan fingerprint density at radius 2 is 1.69 bits per heavy atom. The van der Waals surface area contributed by atoms with Crippen molar-refractivity contribution in [3.8, 4) is 0 Å². The van der Waals surface area contributed by atoms with Gasteiger partial charge in [0.1, 0.15) is 0 Å². The molecule has 2 N–H and O–H groups in total. The molecular weight excluding hydrogens is 190 g/mol. The molecule has 0 amide bonds. The summed E-state index contributed by atoms with van der Waals surface area (Å²) >= 11 is 0. The lowest BCUT2D eigenvalue weighted by Gasteiger charge is -2.20. The van der Waals surface area contributed by atoms with Crippen molar-refractivity contribution in [2.24, 2.45) is 5.73 Å². The van der Waals surface area contributed by atoms with Gasteiger partial charge in [-0.15, -0.1) is 12.4 Å². The Balaban J connectivity index is 0. The molecule has 0 rings (SSSR count). The number of nitrogens with two attached hydrogens (primary N) is 1. The van der Waals surface area contributed by atoms with Crippen LogP contribution >= 0.6 is 12.4 Å². The molecule has 0 aromatic rings. The van der Waals surface area contributed by atoms with Gasteiger partial charge in [-0.25, -0.2) is 0 Å². The van der Waals surface area contributed by atoms with Crippen LogP contribution in [0.15, 0.2) is 0 Å². The largest absolute Gasteiger partial charge is 0.354 e. The summed E-state index contributed by atoms with van der Waals surface area (Å²) in [4.78, 5) is 0. The van der Waals surface area contributed by atoms with Gasteiger partial charge in [0.25, 0.3) is 0 Å². The highest BCUT2D eigenvalue weighted by atomic mass is 35.5. The lowest BCUT2D eigenvalue weighted by molar-refractivity contribution is -0.117. The summed E-state index contributed by atoms with van der Waals surface area (Å²) in [5.74, 6) is 0. The second-order valence-corrected chi connectivity index (χ2v) is 3.00. The van der Waals surface area contributed by atoms with Crippen LogP contribution in [0.2, 0.25) is 0 Å². The van der Waals surface area contributed by atoms with Crippen LogP contribution < -0.4 is 5.73 Å². The van der Waals surface area contributed by atoms with Crippen LogP contribution in [0.3, 0.4) is 0 Å². The molecule has 0 radical (unpaired) electrons. The highest BCUT2D eigenvalue weighted by Gasteiger charge is 2.14. The molecule has 82 valence electrons. The monoisotopic (exact) mass is 211 g/mol. The molecule has 4 heteroatoms. The quantitative estimate of drug-likeness (QED) is 0.517. The molecule has 0 aliphatic carbocycles. The van der Waals surface area contributed by atoms with Crippen molar-refractivity contribution in [2.45, 2.75) is 44.9 Å². The third-order valence-electron chi connectivity index (χ3n) is 1.96. The maximum atomic E-state index is 5.83. The Bertz CT molecular complexity index is 99.6. The first-order valence-electron chi connectivity index (χ1n) is 4.57. The van der Waals surface area contributed by atoms with Crippen LogP contribution in [0.1, 0.15) is 32.6 Å². The number of halogens is 1. The summed E-state index contributed by atoms with van der Waals surface area (Å²) in [6, 6.07) is 0.00606. The highest BCUT2D eigenvalue weighted by molar-refractivity contribution is 5.85. The minimum absolute atomic E-state index is 0. The Hall–Kier alpha value is 0.170. The van der Waals surface area contributed by atoms with Crippen LogP contribution in [-0.2, 0) is 9.47 Å². The Morgan fingerprint density at radius 3 is 2.08 bits per heavy atom. The molecule has 0 saturated heterocycles. The van der Waals surface area contributed by atoms with Gasteiger partial charge in [-0.1, -0.05) is 26.2 Å². The summed E-state index contributed by atoms with van der Waals surface area (Å²) in [5.41, 5.74) is 5.83. The van der Waals surface area contributed by atoms with Crippen LogP contribution in [0.25, 0.3) is 0 Å². The fourth-order valence-electron chi connectivity index (χ4n) is 1.21. The number of hydrogen-bond donors (Lipinski definition) is 1. The van der Waals surface area contributed by atoms with Gasteiger partial charge in [-0.3, -0.25) is 0 Å². The van der Waals surface area contributed by atoms with E-state index in [4.69, 9.17) is 15.2 Å². The van der Waals surface area contributed by atoms with E-state index < -0.39 is 0 Å². The van der Waals surface area contributed by atoms with Crippen molar-refractivity contribution in [3.63, 3.8) is 0 Å². The molecule has 1 atom stereocenters. The van der Waals surface area contributed by atoms with Crippen molar-refractivity contribution in [3.05, 3.63) is 0 Å². The predicted octanol–water partition coefficient (Wildman–Crippen LogP) is 1.93. The first kappa shape index (κ1) is 15.6. The normalized spacial score (nSPS) is 12.7. The van der Waals surface area contributed by atoms with E-state index in [0.717, 1.165) is 12.8 Å². The molecule has 0 aliphatic rings. The van der Waals surface area contributed by atoms with Gasteiger partial charge in [0.05, 0.1) is 6.04 Å². The van der Waals surface area contributed by atoms with Crippen LogP contribution in [0.4, 0.5) is 0 Å². The Morgan fingerprint density at radius 1 is 1.15 bits per heavy atom. The average molecular weight is 212 g/mol. The van der Waals surface area contributed by atoms with Gasteiger partial charge in [-0.2, -0.15) is 0 Å². The molecule has 13 heavy (non-hydrogen) atoms. The van der Waals surface area contributed by atoms with E-state index in [-0.39, 0.29) is 24.7 Å².